The molecule has 2 aliphatic heterocycles. The Morgan fingerprint density at radius 1 is 1.50 bits per heavy atom. The number of aromatic nitrogens is 1. The van der Waals surface area contributed by atoms with E-state index in [9.17, 15) is 4.79 Å². The Balaban J connectivity index is 1.81. The normalized spacial score (nSPS) is 26.7. The number of aliphatic imine (C=N–C) groups is 1. The molecule has 1 fully saturated rings. The van der Waals surface area contributed by atoms with Crippen molar-refractivity contribution in [3.05, 3.63) is 17.8 Å². The van der Waals surface area contributed by atoms with Gasteiger partial charge in [0.2, 0.25) is 0 Å². The fourth-order valence-corrected chi connectivity index (χ4v) is 3.07. The molecule has 108 valence electrons. The van der Waals surface area contributed by atoms with Crippen LogP contribution in [0.2, 0.25) is 0 Å². The van der Waals surface area contributed by atoms with Crippen LogP contribution < -0.4 is 0 Å². The molecule has 3 rings (SSSR count). The van der Waals surface area contributed by atoms with Crippen LogP contribution in [0.4, 0.5) is 10.6 Å². The highest BCUT2D eigenvalue weighted by atomic mass is 16.4. The van der Waals surface area contributed by atoms with E-state index in [2.05, 4.69) is 19.8 Å². The molecule has 0 aromatic carbocycles. The van der Waals surface area contributed by atoms with E-state index in [1.807, 2.05) is 32.6 Å². The van der Waals surface area contributed by atoms with E-state index in [4.69, 9.17) is 5.11 Å². The zero-order chi connectivity index (χ0) is 14.3. The Hall–Kier alpha value is -2.02. The van der Waals surface area contributed by atoms with Crippen molar-refractivity contribution in [3.8, 4) is 0 Å². The Morgan fingerprint density at radius 3 is 3.00 bits per heavy atom. The van der Waals surface area contributed by atoms with Gasteiger partial charge in [0.05, 0.1) is 6.34 Å². The third kappa shape index (κ3) is 2.03. The van der Waals surface area contributed by atoms with Crippen LogP contribution in [0.25, 0.3) is 0 Å². The summed E-state index contributed by atoms with van der Waals surface area (Å²) in [5, 5.41) is 9.15. The van der Waals surface area contributed by atoms with Crippen LogP contribution in [0.3, 0.4) is 0 Å². The number of H-pyrrole nitrogens is 1. The number of carbonyl (C=O) groups is 1. The van der Waals surface area contributed by atoms with E-state index in [1.165, 1.54) is 4.90 Å². The molecule has 1 aromatic heterocycles. The van der Waals surface area contributed by atoms with Gasteiger partial charge in [0.25, 0.3) is 0 Å². The van der Waals surface area contributed by atoms with Crippen molar-refractivity contribution < 1.29 is 9.90 Å². The fraction of sp³-hybridized carbons (Fsp3) is 0.538. The monoisotopic (exact) mass is 277 g/mol. The molecule has 0 aliphatic carbocycles. The largest absolute Gasteiger partial charge is 0.465 e. The van der Waals surface area contributed by atoms with E-state index >= 15 is 0 Å². The molecule has 1 saturated heterocycles. The number of hydrogen-bond acceptors (Lipinski definition) is 4. The van der Waals surface area contributed by atoms with Gasteiger partial charge in [0, 0.05) is 44.5 Å². The van der Waals surface area contributed by atoms with Crippen LogP contribution in [-0.2, 0) is 0 Å². The van der Waals surface area contributed by atoms with Gasteiger partial charge in [-0.3, -0.25) is 4.90 Å². The number of rotatable bonds is 1. The number of piperazine rings is 1. The highest BCUT2D eigenvalue weighted by Gasteiger charge is 2.35. The topological polar surface area (TPSA) is 75.2 Å². The SMILES string of the molecule is C[C@H]1CN(C2c3cc[nH]c3N=CN2C)CCN1C(=O)O. The van der Waals surface area contributed by atoms with Crippen LogP contribution in [-0.4, -0.2) is 69.9 Å². The molecular weight excluding hydrogens is 258 g/mol. The van der Waals surface area contributed by atoms with Gasteiger partial charge in [0.15, 0.2) is 0 Å². The van der Waals surface area contributed by atoms with E-state index < -0.39 is 6.09 Å². The second-order valence-electron chi connectivity index (χ2n) is 5.39. The summed E-state index contributed by atoms with van der Waals surface area (Å²) in [5.74, 6) is 0.890. The molecule has 0 bridgehead atoms. The maximum atomic E-state index is 11.1. The number of nitrogens with zero attached hydrogens (tertiary/aromatic N) is 4. The first-order valence-corrected chi connectivity index (χ1v) is 6.75. The fourth-order valence-electron chi connectivity index (χ4n) is 3.07. The van der Waals surface area contributed by atoms with Gasteiger partial charge in [-0.2, -0.15) is 0 Å². The summed E-state index contributed by atoms with van der Waals surface area (Å²) < 4.78 is 0. The Labute approximate surface area is 117 Å². The van der Waals surface area contributed by atoms with Gasteiger partial charge in [-0.25, -0.2) is 9.79 Å². The first-order valence-electron chi connectivity index (χ1n) is 6.75. The van der Waals surface area contributed by atoms with Gasteiger partial charge < -0.3 is 19.9 Å². The lowest BCUT2D eigenvalue weighted by molar-refractivity contribution is 0.0227. The minimum atomic E-state index is -0.835. The summed E-state index contributed by atoms with van der Waals surface area (Å²) in [4.78, 5) is 24.5. The molecule has 20 heavy (non-hydrogen) atoms. The molecule has 2 atom stereocenters. The minimum absolute atomic E-state index is 0.00379. The number of hydrogen-bond donors (Lipinski definition) is 2. The van der Waals surface area contributed by atoms with Crippen molar-refractivity contribution in [1.82, 2.24) is 19.7 Å². The molecule has 7 nitrogen and oxygen atoms in total. The third-order valence-electron chi connectivity index (χ3n) is 4.04. The number of aromatic amines is 1. The van der Waals surface area contributed by atoms with Crippen LogP contribution in [0.5, 0.6) is 0 Å². The summed E-state index contributed by atoms with van der Waals surface area (Å²) in [7, 11) is 2.00. The van der Waals surface area contributed by atoms with E-state index in [0.717, 1.165) is 24.5 Å². The molecule has 3 heterocycles. The first kappa shape index (κ1) is 13.0. The molecule has 0 radical (unpaired) electrons. The molecule has 2 N–H and O–H groups in total. The lowest BCUT2D eigenvalue weighted by Gasteiger charge is -2.45. The van der Waals surface area contributed by atoms with Gasteiger partial charge in [-0.15, -0.1) is 0 Å². The minimum Gasteiger partial charge on any atom is -0.465 e. The molecule has 0 spiro atoms. The standard InChI is InChI=1S/C13H19N5O2/c1-9-7-17(5-6-18(9)13(19)20)12-10-3-4-14-11(10)15-8-16(12)2/h3-4,8-9,12,14H,5-7H2,1-2H3,(H,19,20)/t9-,12?/m0/s1. The number of amides is 1. The molecule has 2 aliphatic rings. The van der Waals surface area contributed by atoms with E-state index in [0.29, 0.717) is 6.54 Å². The van der Waals surface area contributed by atoms with Crippen LogP contribution >= 0.6 is 0 Å². The van der Waals surface area contributed by atoms with Gasteiger partial charge in [-0.05, 0) is 13.0 Å². The highest BCUT2D eigenvalue weighted by Crippen LogP contribution is 2.34. The Kier molecular flexibility index (Phi) is 3.13. The van der Waals surface area contributed by atoms with Gasteiger partial charge in [-0.1, -0.05) is 0 Å². The second-order valence-corrected chi connectivity index (χ2v) is 5.39. The zero-order valence-corrected chi connectivity index (χ0v) is 11.7. The van der Waals surface area contributed by atoms with Crippen molar-refractivity contribution >= 4 is 18.2 Å². The summed E-state index contributed by atoms with van der Waals surface area (Å²) in [6.07, 6.45) is 2.99. The summed E-state index contributed by atoms with van der Waals surface area (Å²) >= 11 is 0. The van der Waals surface area contributed by atoms with Crippen molar-refractivity contribution in [2.24, 2.45) is 4.99 Å². The Bertz CT molecular complexity index is 541. The van der Waals surface area contributed by atoms with Crippen molar-refractivity contribution in [2.75, 3.05) is 26.7 Å². The summed E-state index contributed by atoms with van der Waals surface area (Å²) in [5.41, 5.74) is 1.14. The quantitative estimate of drug-likeness (QED) is 0.811. The Morgan fingerprint density at radius 2 is 2.30 bits per heavy atom. The second kappa shape index (κ2) is 4.82. The summed E-state index contributed by atoms with van der Waals surface area (Å²) in [6, 6.07) is 2.04. The molecule has 1 unspecified atom stereocenters. The van der Waals surface area contributed by atoms with E-state index in [-0.39, 0.29) is 12.2 Å². The smallest absolute Gasteiger partial charge is 0.407 e. The number of nitrogens with one attached hydrogen (secondary N) is 1. The van der Waals surface area contributed by atoms with Crippen molar-refractivity contribution in [3.63, 3.8) is 0 Å². The predicted molar refractivity (Wildman–Crippen MR) is 75.2 cm³/mol. The zero-order valence-electron chi connectivity index (χ0n) is 11.7. The third-order valence-corrected chi connectivity index (χ3v) is 4.04. The lowest BCUT2D eigenvalue weighted by atomic mass is 10.1. The maximum Gasteiger partial charge on any atom is 0.407 e. The van der Waals surface area contributed by atoms with Gasteiger partial charge in [0.1, 0.15) is 12.0 Å². The van der Waals surface area contributed by atoms with Crippen molar-refractivity contribution in [2.45, 2.75) is 19.1 Å². The van der Waals surface area contributed by atoms with Gasteiger partial charge >= 0.3 is 6.09 Å². The average Bonchev–Trinajstić information content (AvgIpc) is 2.86. The highest BCUT2D eigenvalue weighted by molar-refractivity contribution is 5.66. The van der Waals surface area contributed by atoms with Crippen LogP contribution in [0.15, 0.2) is 17.3 Å². The van der Waals surface area contributed by atoms with Crippen LogP contribution in [0, 0.1) is 0 Å². The van der Waals surface area contributed by atoms with Crippen molar-refractivity contribution in [1.29, 1.82) is 0 Å². The molecule has 0 saturated carbocycles. The molecule has 7 heteroatoms. The number of carboxylic acid groups (broad SMARTS) is 1. The molecule has 1 amide bonds. The molecular formula is C13H19N5O2. The number of fused-ring (bicyclic) bond motifs is 1. The van der Waals surface area contributed by atoms with Crippen LogP contribution in [0.1, 0.15) is 18.7 Å². The molecule has 1 aromatic rings. The lowest BCUT2D eigenvalue weighted by Crippen LogP contribution is -2.56. The average molecular weight is 277 g/mol. The first-order chi connectivity index (χ1) is 9.58. The predicted octanol–water partition coefficient (Wildman–Crippen LogP) is 1.30. The maximum absolute atomic E-state index is 11.1. The summed E-state index contributed by atoms with van der Waals surface area (Å²) in [6.45, 7) is 3.94. The van der Waals surface area contributed by atoms with E-state index in [1.54, 1.807) is 0 Å².